The zero-order valence-corrected chi connectivity index (χ0v) is 20.6. The van der Waals surface area contributed by atoms with Crippen LogP contribution in [0.15, 0.2) is 41.8 Å². The van der Waals surface area contributed by atoms with Crippen molar-refractivity contribution in [1.82, 2.24) is 15.1 Å². The maximum atomic E-state index is 13.5. The van der Waals surface area contributed by atoms with Gasteiger partial charge in [-0.2, -0.15) is 0 Å². The number of urea groups is 1. The number of para-hydroxylation sites is 1. The molecule has 1 aliphatic rings. The van der Waals surface area contributed by atoms with Gasteiger partial charge in [-0.05, 0) is 69.7 Å². The monoisotopic (exact) mass is 457 g/mol. The Morgan fingerprint density at radius 1 is 1.25 bits per heavy atom. The maximum absolute atomic E-state index is 13.5. The van der Waals surface area contributed by atoms with E-state index in [4.69, 9.17) is 4.74 Å². The molecule has 6 nitrogen and oxygen atoms in total. The minimum Gasteiger partial charge on any atom is -0.491 e. The second kappa shape index (κ2) is 10.4. The van der Waals surface area contributed by atoms with E-state index in [9.17, 15) is 9.59 Å². The van der Waals surface area contributed by atoms with Crippen molar-refractivity contribution in [3.05, 3.63) is 52.2 Å². The van der Waals surface area contributed by atoms with Gasteiger partial charge in [-0.1, -0.05) is 25.1 Å². The highest BCUT2D eigenvalue weighted by molar-refractivity contribution is 7.10. The fourth-order valence-corrected chi connectivity index (χ4v) is 4.77. The van der Waals surface area contributed by atoms with Gasteiger partial charge in [-0.25, -0.2) is 4.79 Å². The number of thiophene rings is 1. The van der Waals surface area contributed by atoms with Crippen LogP contribution in [0.5, 0.6) is 5.75 Å². The van der Waals surface area contributed by atoms with Crippen LogP contribution in [0.3, 0.4) is 0 Å². The van der Waals surface area contributed by atoms with Crippen molar-refractivity contribution in [2.75, 3.05) is 19.7 Å². The summed E-state index contributed by atoms with van der Waals surface area (Å²) < 4.78 is 6.06. The standard InChI is InChI=1S/C25H35N3O3S/c1-6-18(2)28(24(30)26-25(3,4)5)16-23(29)27-14-12-22-20(13-15-32-22)21(27)17-31-19-10-8-7-9-11-19/h7-11,13,15,18,21H,6,12,14,16-17H2,1-5H3,(H,26,30)/t18-,21-/m1/s1. The van der Waals surface area contributed by atoms with Crippen molar-refractivity contribution >= 4 is 23.3 Å². The van der Waals surface area contributed by atoms with Crippen LogP contribution in [-0.4, -0.2) is 53.0 Å². The van der Waals surface area contributed by atoms with Crippen molar-refractivity contribution in [3.8, 4) is 5.75 Å². The number of fused-ring (bicyclic) bond motifs is 1. The van der Waals surface area contributed by atoms with Crippen LogP contribution in [0, 0.1) is 0 Å². The molecule has 1 aromatic heterocycles. The SMILES string of the molecule is CC[C@@H](C)N(CC(=O)N1CCc2sccc2[C@H]1COc1ccccc1)C(=O)NC(C)(C)C. The normalized spacial score (nSPS) is 16.8. The second-order valence-corrected chi connectivity index (χ2v) is 10.3. The molecule has 0 fully saturated rings. The van der Waals surface area contributed by atoms with Crippen LogP contribution in [0.2, 0.25) is 0 Å². The smallest absolute Gasteiger partial charge is 0.318 e. The number of carbonyl (C=O) groups is 2. The lowest BCUT2D eigenvalue weighted by molar-refractivity contribution is -0.136. The van der Waals surface area contributed by atoms with Gasteiger partial charge >= 0.3 is 6.03 Å². The summed E-state index contributed by atoms with van der Waals surface area (Å²) >= 11 is 1.73. The third-order valence-electron chi connectivity index (χ3n) is 5.74. The Hall–Kier alpha value is -2.54. The molecule has 0 unspecified atom stereocenters. The quantitative estimate of drug-likeness (QED) is 0.646. The summed E-state index contributed by atoms with van der Waals surface area (Å²) in [4.78, 5) is 31.3. The van der Waals surface area contributed by atoms with E-state index in [2.05, 4.69) is 16.8 Å². The van der Waals surface area contributed by atoms with Crippen LogP contribution < -0.4 is 10.1 Å². The molecule has 1 aliphatic heterocycles. The highest BCUT2D eigenvalue weighted by atomic mass is 32.1. The van der Waals surface area contributed by atoms with E-state index in [-0.39, 0.29) is 36.1 Å². The summed E-state index contributed by atoms with van der Waals surface area (Å²) in [5.41, 5.74) is 0.786. The van der Waals surface area contributed by atoms with Crippen LogP contribution in [0.4, 0.5) is 4.79 Å². The van der Waals surface area contributed by atoms with Gasteiger partial charge in [0, 0.05) is 23.0 Å². The first-order valence-electron chi connectivity index (χ1n) is 11.3. The molecule has 174 valence electrons. The van der Waals surface area contributed by atoms with Crippen molar-refractivity contribution in [3.63, 3.8) is 0 Å². The first-order valence-corrected chi connectivity index (χ1v) is 12.2. The summed E-state index contributed by atoms with van der Waals surface area (Å²) in [5, 5.41) is 5.09. The van der Waals surface area contributed by atoms with Gasteiger partial charge in [0.25, 0.3) is 0 Å². The molecule has 0 radical (unpaired) electrons. The van der Waals surface area contributed by atoms with Crippen LogP contribution >= 0.6 is 11.3 Å². The number of amides is 3. The number of nitrogens with zero attached hydrogens (tertiary/aromatic N) is 2. The fourth-order valence-electron chi connectivity index (χ4n) is 3.84. The fraction of sp³-hybridized carbons (Fsp3) is 0.520. The highest BCUT2D eigenvalue weighted by Gasteiger charge is 2.34. The third-order valence-corrected chi connectivity index (χ3v) is 6.73. The van der Waals surface area contributed by atoms with E-state index in [1.165, 1.54) is 4.88 Å². The Bertz CT molecular complexity index is 907. The molecule has 2 aromatic rings. The zero-order valence-electron chi connectivity index (χ0n) is 19.8. The van der Waals surface area contributed by atoms with Crippen molar-refractivity contribution in [2.24, 2.45) is 0 Å². The van der Waals surface area contributed by atoms with Crippen molar-refractivity contribution in [2.45, 2.75) is 65.1 Å². The molecule has 7 heteroatoms. The third kappa shape index (κ3) is 6.03. The van der Waals surface area contributed by atoms with Crippen LogP contribution in [0.1, 0.15) is 57.5 Å². The van der Waals surface area contributed by atoms with Crippen LogP contribution in [-0.2, 0) is 11.2 Å². The number of rotatable bonds is 7. The molecule has 0 spiro atoms. The predicted octanol–water partition coefficient (Wildman–Crippen LogP) is 4.86. The molecule has 1 N–H and O–H groups in total. The Balaban J connectivity index is 1.78. The summed E-state index contributed by atoms with van der Waals surface area (Å²) in [6.07, 6.45) is 1.61. The summed E-state index contributed by atoms with van der Waals surface area (Å²) in [6, 6.07) is 11.4. The molecule has 0 aliphatic carbocycles. The van der Waals surface area contributed by atoms with E-state index in [1.54, 1.807) is 16.2 Å². The Morgan fingerprint density at radius 2 is 1.97 bits per heavy atom. The largest absolute Gasteiger partial charge is 0.491 e. The summed E-state index contributed by atoms with van der Waals surface area (Å²) in [5.74, 6) is 0.737. The molecule has 3 rings (SSSR count). The van der Waals surface area contributed by atoms with Crippen molar-refractivity contribution < 1.29 is 14.3 Å². The lowest BCUT2D eigenvalue weighted by Crippen LogP contribution is -2.55. The van der Waals surface area contributed by atoms with Gasteiger partial charge in [-0.15, -0.1) is 11.3 Å². The molecular weight excluding hydrogens is 422 g/mol. The van der Waals surface area contributed by atoms with E-state index in [1.807, 2.05) is 69.9 Å². The van der Waals surface area contributed by atoms with E-state index in [0.717, 1.165) is 24.2 Å². The van der Waals surface area contributed by atoms with Crippen LogP contribution in [0.25, 0.3) is 0 Å². The molecule has 1 aromatic carbocycles. The number of benzene rings is 1. The average molecular weight is 458 g/mol. The highest BCUT2D eigenvalue weighted by Crippen LogP contribution is 2.34. The van der Waals surface area contributed by atoms with E-state index < -0.39 is 0 Å². The van der Waals surface area contributed by atoms with E-state index >= 15 is 0 Å². The molecule has 32 heavy (non-hydrogen) atoms. The number of hydrogen-bond acceptors (Lipinski definition) is 4. The first-order chi connectivity index (χ1) is 15.2. The number of hydrogen-bond donors (Lipinski definition) is 1. The molecule has 0 saturated carbocycles. The molecule has 2 atom stereocenters. The van der Waals surface area contributed by atoms with Gasteiger partial charge < -0.3 is 19.9 Å². The van der Waals surface area contributed by atoms with Gasteiger partial charge in [-0.3, -0.25) is 4.79 Å². The van der Waals surface area contributed by atoms with Gasteiger partial charge in [0.2, 0.25) is 5.91 Å². The number of carbonyl (C=O) groups excluding carboxylic acids is 2. The molecule has 0 bridgehead atoms. The molecule has 3 amide bonds. The summed E-state index contributed by atoms with van der Waals surface area (Å²) in [6.45, 7) is 10.9. The van der Waals surface area contributed by atoms with Gasteiger partial charge in [0.15, 0.2) is 0 Å². The predicted molar refractivity (Wildman–Crippen MR) is 129 cm³/mol. The first kappa shape index (κ1) is 24.1. The maximum Gasteiger partial charge on any atom is 0.318 e. The van der Waals surface area contributed by atoms with E-state index in [0.29, 0.717) is 13.2 Å². The Kier molecular flexibility index (Phi) is 7.82. The Labute approximate surface area is 195 Å². The molecule has 2 heterocycles. The zero-order chi connectivity index (χ0) is 23.3. The lowest BCUT2D eigenvalue weighted by atomic mass is 10.00. The summed E-state index contributed by atoms with van der Waals surface area (Å²) in [7, 11) is 0. The topological polar surface area (TPSA) is 61.9 Å². The van der Waals surface area contributed by atoms with Gasteiger partial charge in [0.05, 0.1) is 6.04 Å². The van der Waals surface area contributed by atoms with Crippen molar-refractivity contribution in [1.29, 1.82) is 0 Å². The molecule has 0 saturated heterocycles. The van der Waals surface area contributed by atoms with Gasteiger partial charge in [0.1, 0.15) is 18.9 Å². The number of nitrogens with one attached hydrogen (secondary N) is 1. The minimum absolute atomic E-state index is 0.0400. The molecular formula is C25H35N3O3S. The lowest BCUT2D eigenvalue weighted by Gasteiger charge is -2.38. The second-order valence-electron chi connectivity index (χ2n) is 9.34. The Morgan fingerprint density at radius 3 is 2.62 bits per heavy atom. The minimum atomic E-state index is -0.366. The number of ether oxygens (including phenoxy) is 1. The average Bonchev–Trinajstić information content (AvgIpc) is 3.23.